The van der Waals surface area contributed by atoms with E-state index < -0.39 is 0 Å². The summed E-state index contributed by atoms with van der Waals surface area (Å²) in [5.41, 5.74) is 0.667. The molecule has 0 aliphatic heterocycles. The summed E-state index contributed by atoms with van der Waals surface area (Å²) in [7, 11) is 0. The van der Waals surface area contributed by atoms with Crippen molar-refractivity contribution in [2.75, 3.05) is 0 Å². The average molecular weight is 434 g/mol. The molecule has 1 unspecified atom stereocenters. The van der Waals surface area contributed by atoms with Crippen LogP contribution in [0.5, 0.6) is 0 Å². The molecular formula is C13H13BrIN3O. The van der Waals surface area contributed by atoms with Crippen LogP contribution in [0, 0.1) is 3.57 Å². The molecule has 0 aliphatic rings. The summed E-state index contributed by atoms with van der Waals surface area (Å²) in [4.78, 5) is 19.5. The topological polar surface area (TPSA) is 57.8 Å². The number of imidazole rings is 1. The summed E-state index contributed by atoms with van der Waals surface area (Å²) in [6.45, 7) is 2.01. The summed E-state index contributed by atoms with van der Waals surface area (Å²) in [6, 6.07) is 5.55. The average Bonchev–Trinajstić information content (AvgIpc) is 2.92. The van der Waals surface area contributed by atoms with Crippen LogP contribution >= 0.6 is 38.5 Å². The van der Waals surface area contributed by atoms with Crippen molar-refractivity contribution in [2.24, 2.45) is 0 Å². The fourth-order valence-corrected chi connectivity index (χ4v) is 2.68. The minimum absolute atomic E-state index is 0.0889. The lowest BCUT2D eigenvalue weighted by Gasteiger charge is -2.15. The smallest absolute Gasteiger partial charge is 0.252 e. The lowest BCUT2D eigenvalue weighted by molar-refractivity contribution is 0.0933. The van der Waals surface area contributed by atoms with Gasteiger partial charge in [0.1, 0.15) is 5.82 Å². The molecule has 1 amide bonds. The Hall–Kier alpha value is -0.890. The SMILES string of the molecule is CCC(NC(=O)c1cc(Br)ccc1I)c1ncc[nH]1. The zero-order chi connectivity index (χ0) is 13.8. The molecule has 4 nitrogen and oxygen atoms in total. The highest BCUT2D eigenvalue weighted by atomic mass is 127. The number of aromatic amines is 1. The molecule has 1 aromatic heterocycles. The second kappa shape index (κ2) is 6.51. The predicted octanol–water partition coefficient (Wildman–Crippen LogP) is 3.66. The van der Waals surface area contributed by atoms with Crippen molar-refractivity contribution < 1.29 is 4.79 Å². The number of nitrogens with one attached hydrogen (secondary N) is 2. The van der Waals surface area contributed by atoms with Crippen molar-refractivity contribution in [1.82, 2.24) is 15.3 Å². The van der Waals surface area contributed by atoms with Crippen molar-refractivity contribution in [2.45, 2.75) is 19.4 Å². The first-order valence-electron chi connectivity index (χ1n) is 5.87. The standard InChI is InChI=1S/C13H13BrIN3O/c1-2-11(12-16-5-6-17-12)18-13(19)9-7-8(14)3-4-10(9)15/h3-7,11H,2H2,1H3,(H,16,17)(H,18,19). The molecule has 0 fully saturated rings. The number of carbonyl (C=O) groups is 1. The predicted molar refractivity (Wildman–Crippen MR) is 85.9 cm³/mol. The summed E-state index contributed by atoms with van der Waals surface area (Å²) in [6.07, 6.45) is 4.23. The normalized spacial score (nSPS) is 12.2. The van der Waals surface area contributed by atoms with E-state index in [2.05, 4.69) is 53.8 Å². The first-order chi connectivity index (χ1) is 9.11. The molecule has 1 heterocycles. The molecule has 0 saturated carbocycles. The minimum atomic E-state index is -0.0997. The van der Waals surface area contributed by atoms with E-state index in [0.717, 1.165) is 20.3 Å². The number of rotatable bonds is 4. The van der Waals surface area contributed by atoms with Crippen molar-refractivity contribution >= 4 is 44.4 Å². The van der Waals surface area contributed by atoms with E-state index in [-0.39, 0.29) is 11.9 Å². The van der Waals surface area contributed by atoms with E-state index in [0.29, 0.717) is 5.56 Å². The van der Waals surface area contributed by atoms with Gasteiger partial charge in [-0.2, -0.15) is 0 Å². The minimum Gasteiger partial charge on any atom is -0.347 e. The monoisotopic (exact) mass is 433 g/mol. The number of hydrogen-bond donors (Lipinski definition) is 2. The summed E-state index contributed by atoms with van der Waals surface area (Å²) in [5.74, 6) is 0.690. The highest BCUT2D eigenvalue weighted by Crippen LogP contribution is 2.20. The van der Waals surface area contributed by atoms with Gasteiger partial charge in [-0.15, -0.1) is 0 Å². The summed E-state index contributed by atoms with van der Waals surface area (Å²) >= 11 is 5.54. The molecule has 6 heteroatoms. The van der Waals surface area contributed by atoms with Gasteiger partial charge in [0.05, 0.1) is 11.6 Å². The third-order valence-corrected chi connectivity index (χ3v) is 4.17. The number of amides is 1. The second-order valence-electron chi connectivity index (χ2n) is 4.03. The van der Waals surface area contributed by atoms with Crippen LogP contribution in [0.3, 0.4) is 0 Å². The largest absolute Gasteiger partial charge is 0.347 e. The van der Waals surface area contributed by atoms with E-state index >= 15 is 0 Å². The van der Waals surface area contributed by atoms with Crippen LogP contribution in [-0.4, -0.2) is 15.9 Å². The number of hydrogen-bond acceptors (Lipinski definition) is 2. The Morgan fingerprint density at radius 3 is 3.00 bits per heavy atom. The molecule has 2 N–H and O–H groups in total. The third kappa shape index (κ3) is 3.56. The van der Waals surface area contributed by atoms with Crippen molar-refractivity contribution in [3.8, 4) is 0 Å². The van der Waals surface area contributed by atoms with Crippen LogP contribution in [0.25, 0.3) is 0 Å². The molecular weight excluding hydrogens is 421 g/mol. The number of benzene rings is 1. The van der Waals surface area contributed by atoms with Gasteiger partial charge in [-0.25, -0.2) is 4.98 Å². The summed E-state index contributed by atoms with van der Waals surface area (Å²) in [5, 5.41) is 3.00. The Kier molecular flexibility index (Phi) is 4.98. The van der Waals surface area contributed by atoms with Crippen molar-refractivity contribution in [1.29, 1.82) is 0 Å². The number of halogens is 2. The molecule has 0 bridgehead atoms. The molecule has 100 valence electrons. The van der Waals surface area contributed by atoms with Gasteiger partial charge in [0.2, 0.25) is 0 Å². The Morgan fingerprint density at radius 1 is 1.58 bits per heavy atom. The molecule has 0 spiro atoms. The second-order valence-corrected chi connectivity index (χ2v) is 6.11. The van der Waals surface area contributed by atoms with Gasteiger partial charge in [-0.05, 0) is 47.2 Å². The van der Waals surface area contributed by atoms with Crippen LogP contribution in [-0.2, 0) is 0 Å². The number of nitrogens with zero attached hydrogens (tertiary/aromatic N) is 1. The van der Waals surface area contributed by atoms with Crippen LogP contribution in [0.15, 0.2) is 35.1 Å². The van der Waals surface area contributed by atoms with E-state index in [1.807, 2.05) is 25.1 Å². The number of carbonyl (C=O) groups excluding carboxylic acids is 1. The molecule has 0 radical (unpaired) electrons. The molecule has 2 rings (SSSR count). The van der Waals surface area contributed by atoms with Crippen molar-refractivity contribution in [3.05, 3.63) is 50.0 Å². The van der Waals surface area contributed by atoms with Crippen LogP contribution in [0.1, 0.15) is 35.6 Å². The maximum Gasteiger partial charge on any atom is 0.252 e. The number of H-pyrrole nitrogens is 1. The molecule has 1 atom stereocenters. The van der Waals surface area contributed by atoms with Crippen molar-refractivity contribution in [3.63, 3.8) is 0 Å². The van der Waals surface area contributed by atoms with E-state index in [4.69, 9.17) is 0 Å². The molecule has 0 aliphatic carbocycles. The zero-order valence-electron chi connectivity index (χ0n) is 10.3. The molecule has 19 heavy (non-hydrogen) atoms. The highest BCUT2D eigenvalue weighted by Gasteiger charge is 2.17. The van der Waals surface area contributed by atoms with E-state index in [9.17, 15) is 4.79 Å². The third-order valence-electron chi connectivity index (χ3n) is 2.74. The quantitative estimate of drug-likeness (QED) is 0.723. The van der Waals surface area contributed by atoms with E-state index in [1.165, 1.54) is 0 Å². The Labute approximate surface area is 133 Å². The maximum atomic E-state index is 12.3. The van der Waals surface area contributed by atoms with Gasteiger partial charge in [-0.3, -0.25) is 4.79 Å². The lowest BCUT2D eigenvalue weighted by Crippen LogP contribution is -2.29. The fourth-order valence-electron chi connectivity index (χ4n) is 1.74. The summed E-state index contributed by atoms with van der Waals surface area (Å²) < 4.78 is 1.82. The lowest BCUT2D eigenvalue weighted by atomic mass is 10.1. The molecule has 0 saturated heterocycles. The zero-order valence-corrected chi connectivity index (χ0v) is 14.0. The first kappa shape index (κ1) is 14.5. The maximum absolute atomic E-state index is 12.3. The van der Waals surface area contributed by atoms with Crippen LogP contribution in [0.2, 0.25) is 0 Å². The first-order valence-corrected chi connectivity index (χ1v) is 7.74. The fraction of sp³-hybridized carbons (Fsp3) is 0.231. The Balaban J connectivity index is 2.18. The van der Waals surface area contributed by atoms with Gasteiger partial charge in [0.15, 0.2) is 0 Å². The van der Waals surface area contributed by atoms with Crippen LogP contribution in [0.4, 0.5) is 0 Å². The van der Waals surface area contributed by atoms with Gasteiger partial charge in [0, 0.05) is 20.4 Å². The Morgan fingerprint density at radius 2 is 2.37 bits per heavy atom. The highest BCUT2D eigenvalue weighted by molar-refractivity contribution is 14.1. The van der Waals surface area contributed by atoms with Crippen LogP contribution < -0.4 is 5.32 Å². The van der Waals surface area contributed by atoms with Gasteiger partial charge < -0.3 is 10.3 Å². The molecule has 2 aromatic rings. The van der Waals surface area contributed by atoms with Gasteiger partial charge in [0.25, 0.3) is 5.91 Å². The Bertz CT molecular complexity index is 571. The van der Waals surface area contributed by atoms with E-state index in [1.54, 1.807) is 12.4 Å². The van der Waals surface area contributed by atoms with Gasteiger partial charge in [-0.1, -0.05) is 22.9 Å². The molecule has 1 aromatic carbocycles. The number of aromatic nitrogens is 2. The van der Waals surface area contributed by atoms with Gasteiger partial charge >= 0.3 is 0 Å².